The summed E-state index contributed by atoms with van der Waals surface area (Å²) in [6.45, 7) is 5.57. The van der Waals surface area contributed by atoms with E-state index in [2.05, 4.69) is 10.3 Å². The Balaban J connectivity index is 2.37. The van der Waals surface area contributed by atoms with Crippen LogP contribution in [0.15, 0.2) is 24.4 Å². The summed E-state index contributed by atoms with van der Waals surface area (Å²) in [5, 5.41) is 2.74. The Labute approximate surface area is 129 Å². The third-order valence-corrected chi connectivity index (χ3v) is 3.53. The Kier molecular flexibility index (Phi) is 4.60. The molecule has 0 atom stereocenters. The highest BCUT2D eigenvalue weighted by molar-refractivity contribution is 6.08. The fourth-order valence-corrected chi connectivity index (χ4v) is 2.42. The fraction of sp³-hybridized carbons (Fsp3) is 0.312. The highest BCUT2D eigenvalue weighted by Gasteiger charge is 2.25. The number of hydrogen-bond donors (Lipinski definition) is 1. The van der Waals surface area contributed by atoms with E-state index in [4.69, 9.17) is 4.74 Å². The maximum absolute atomic E-state index is 12.5. The van der Waals surface area contributed by atoms with Gasteiger partial charge in [-0.3, -0.25) is 4.79 Å². The van der Waals surface area contributed by atoms with Gasteiger partial charge in [-0.2, -0.15) is 0 Å². The van der Waals surface area contributed by atoms with Gasteiger partial charge < -0.3 is 14.6 Å². The van der Waals surface area contributed by atoms with E-state index in [0.29, 0.717) is 28.3 Å². The molecule has 6 heteroatoms. The Hall–Kier alpha value is -2.63. The number of carbonyl (C=O) groups excluding carboxylic acids is 2. The maximum Gasteiger partial charge on any atom is 0.355 e. The first-order valence-corrected chi connectivity index (χ1v) is 7.02. The number of nitrogens with one attached hydrogen (secondary N) is 1. The van der Waals surface area contributed by atoms with Crippen molar-refractivity contribution in [2.45, 2.75) is 20.8 Å². The van der Waals surface area contributed by atoms with Crippen molar-refractivity contribution in [3.05, 3.63) is 46.9 Å². The number of anilines is 1. The monoisotopic (exact) mass is 301 g/mol. The van der Waals surface area contributed by atoms with Gasteiger partial charge in [0.05, 0.1) is 12.2 Å². The number of esters is 1. The summed E-state index contributed by atoms with van der Waals surface area (Å²) in [6, 6.07) is 5.27. The number of amides is 1. The van der Waals surface area contributed by atoms with Gasteiger partial charge in [0.1, 0.15) is 11.5 Å². The third kappa shape index (κ3) is 2.86. The molecule has 2 rings (SSSR count). The van der Waals surface area contributed by atoms with Crippen LogP contribution in [0.5, 0.6) is 0 Å². The lowest BCUT2D eigenvalue weighted by Crippen LogP contribution is -2.15. The highest BCUT2D eigenvalue weighted by atomic mass is 16.5. The van der Waals surface area contributed by atoms with E-state index < -0.39 is 5.97 Å². The van der Waals surface area contributed by atoms with Crippen LogP contribution in [0.4, 0.5) is 5.82 Å². The van der Waals surface area contributed by atoms with Crippen LogP contribution in [0.2, 0.25) is 0 Å². The van der Waals surface area contributed by atoms with E-state index in [9.17, 15) is 9.59 Å². The molecule has 0 bridgehead atoms. The van der Waals surface area contributed by atoms with Crippen LogP contribution in [0, 0.1) is 13.8 Å². The molecule has 0 saturated carbocycles. The van der Waals surface area contributed by atoms with Crippen LogP contribution in [-0.4, -0.2) is 28.0 Å². The molecule has 116 valence electrons. The fourth-order valence-electron chi connectivity index (χ4n) is 2.42. The molecule has 0 fully saturated rings. The summed E-state index contributed by atoms with van der Waals surface area (Å²) < 4.78 is 6.73. The van der Waals surface area contributed by atoms with Crippen molar-refractivity contribution in [2.24, 2.45) is 7.05 Å². The average Bonchev–Trinajstić information content (AvgIpc) is 2.70. The zero-order valence-corrected chi connectivity index (χ0v) is 13.1. The average molecular weight is 301 g/mol. The van der Waals surface area contributed by atoms with Crippen LogP contribution < -0.4 is 5.32 Å². The van der Waals surface area contributed by atoms with Crippen molar-refractivity contribution in [2.75, 3.05) is 11.9 Å². The number of ether oxygens (including phenoxy) is 1. The predicted molar refractivity (Wildman–Crippen MR) is 83.0 cm³/mol. The summed E-state index contributed by atoms with van der Waals surface area (Å²) in [4.78, 5) is 28.6. The molecule has 6 nitrogen and oxygen atoms in total. The number of hydrogen-bond acceptors (Lipinski definition) is 4. The Morgan fingerprint density at radius 3 is 2.64 bits per heavy atom. The molecular weight excluding hydrogens is 282 g/mol. The molecule has 1 amide bonds. The van der Waals surface area contributed by atoms with Gasteiger partial charge in [-0.25, -0.2) is 9.78 Å². The van der Waals surface area contributed by atoms with Crippen LogP contribution in [0.1, 0.15) is 39.0 Å². The Morgan fingerprint density at radius 1 is 1.32 bits per heavy atom. The van der Waals surface area contributed by atoms with E-state index in [1.807, 2.05) is 0 Å². The van der Waals surface area contributed by atoms with Crippen LogP contribution in [0.3, 0.4) is 0 Å². The Bertz CT molecular complexity index is 705. The SMILES string of the molecule is CCOC(=O)c1c(C)c(C(=O)Nc2ccccn2)c(C)n1C. The largest absolute Gasteiger partial charge is 0.461 e. The zero-order valence-electron chi connectivity index (χ0n) is 13.1. The topological polar surface area (TPSA) is 73.2 Å². The summed E-state index contributed by atoms with van der Waals surface area (Å²) in [5.41, 5.74) is 2.17. The quantitative estimate of drug-likeness (QED) is 0.880. The molecule has 0 aliphatic rings. The van der Waals surface area contributed by atoms with E-state index in [1.165, 1.54) is 0 Å². The first-order valence-electron chi connectivity index (χ1n) is 7.02. The highest BCUT2D eigenvalue weighted by Crippen LogP contribution is 2.23. The van der Waals surface area contributed by atoms with Gasteiger partial charge in [0.2, 0.25) is 0 Å². The molecule has 0 aliphatic carbocycles. The number of rotatable bonds is 4. The third-order valence-electron chi connectivity index (χ3n) is 3.53. The normalized spacial score (nSPS) is 10.4. The number of pyridine rings is 1. The first kappa shape index (κ1) is 15.8. The lowest BCUT2D eigenvalue weighted by molar-refractivity contribution is 0.0514. The van der Waals surface area contributed by atoms with Crippen molar-refractivity contribution in [3.63, 3.8) is 0 Å². The van der Waals surface area contributed by atoms with Gasteiger partial charge in [-0.15, -0.1) is 0 Å². The van der Waals surface area contributed by atoms with Gasteiger partial charge in [0.15, 0.2) is 0 Å². The van der Waals surface area contributed by atoms with Crippen molar-refractivity contribution in [3.8, 4) is 0 Å². The summed E-state index contributed by atoms with van der Waals surface area (Å²) >= 11 is 0. The zero-order chi connectivity index (χ0) is 16.3. The van der Waals surface area contributed by atoms with E-state index >= 15 is 0 Å². The molecule has 2 aromatic heterocycles. The number of nitrogens with zero attached hydrogens (tertiary/aromatic N) is 2. The summed E-state index contributed by atoms with van der Waals surface area (Å²) in [7, 11) is 1.74. The van der Waals surface area contributed by atoms with E-state index in [-0.39, 0.29) is 12.5 Å². The molecule has 1 N–H and O–H groups in total. The van der Waals surface area contributed by atoms with Gasteiger partial charge in [-0.1, -0.05) is 6.07 Å². The van der Waals surface area contributed by atoms with Gasteiger partial charge in [0, 0.05) is 18.9 Å². The summed E-state index contributed by atoms with van der Waals surface area (Å²) in [6.07, 6.45) is 1.60. The second kappa shape index (κ2) is 6.43. The second-order valence-corrected chi connectivity index (χ2v) is 4.88. The van der Waals surface area contributed by atoms with Crippen LogP contribution >= 0.6 is 0 Å². The molecule has 0 spiro atoms. The van der Waals surface area contributed by atoms with Crippen molar-refractivity contribution in [1.29, 1.82) is 0 Å². The number of carbonyl (C=O) groups is 2. The first-order chi connectivity index (χ1) is 10.5. The van der Waals surface area contributed by atoms with Crippen molar-refractivity contribution < 1.29 is 14.3 Å². The lowest BCUT2D eigenvalue weighted by atomic mass is 10.1. The molecule has 2 aromatic rings. The number of aromatic nitrogens is 2. The molecule has 0 unspecified atom stereocenters. The minimum atomic E-state index is -0.428. The molecular formula is C16H19N3O3. The van der Waals surface area contributed by atoms with E-state index in [0.717, 1.165) is 0 Å². The van der Waals surface area contributed by atoms with Crippen LogP contribution in [-0.2, 0) is 11.8 Å². The minimum Gasteiger partial charge on any atom is -0.461 e. The minimum absolute atomic E-state index is 0.290. The molecule has 0 aliphatic heterocycles. The molecule has 0 radical (unpaired) electrons. The van der Waals surface area contributed by atoms with E-state index in [1.54, 1.807) is 56.8 Å². The van der Waals surface area contributed by atoms with Gasteiger partial charge in [0.25, 0.3) is 5.91 Å². The predicted octanol–water partition coefficient (Wildman–Crippen LogP) is 2.47. The van der Waals surface area contributed by atoms with Crippen LogP contribution in [0.25, 0.3) is 0 Å². The standard InChI is InChI=1S/C16H19N3O3/c1-5-22-16(21)14-10(2)13(11(3)19(14)4)15(20)18-12-8-6-7-9-17-12/h6-9H,5H2,1-4H3,(H,17,18,20). The summed E-state index contributed by atoms with van der Waals surface area (Å²) in [5.74, 6) is -0.254. The lowest BCUT2D eigenvalue weighted by Gasteiger charge is -2.05. The van der Waals surface area contributed by atoms with Crippen molar-refractivity contribution >= 4 is 17.7 Å². The molecule has 22 heavy (non-hydrogen) atoms. The van der Waals surface area contributed by atoms with Crippen molar-refractivity contribution in [1.82, 2.24) is 9.55 Å². The van der Waals surface area contributed by atoms with Gasteiger partial charge >= 0.3 is 5.97 Å². The maximum atomic E-state index is 12.5. The molecule has 2 heterocycles. The molecule has 0 aromatic carbocycles. The molecule has 0 saturated heterocycles. The van der Waals surface area contributed by atoms with Gasteiger partial charge in [-0.05, 0) is 38.5 Å². The second-order valence-electron chi connectivity index (χ2n) is 4.88. The Morgan fingerprint density at radius 2 is 2.05 bits per heavy atom. The smallest absolute Gasteiger partial charge is 0.355 e.